The van der Waals surface area contributed by atoms with Crippen LogP contribution < -0.4 is 5.32 Å². The average molecular weight is 339 g/mol. The Morgan fingerprint density at radius 1 is 0.958 bits per heavy atom. The summed E-state index contributed by atoms with van der Waals surface area (Å²) in [5, 5.41) is 3.00. The van der Waals surface area contributed by atoms with Crippen LogP contribution in [-0.2, 0) is 9.59 Å². The Bertz CT molecular complexity index is 358. The second-order valence-electron chi connectivity index (χ2n) is 7.21. The number of amides is 2. The van der Waals surface area contributed by atoms with E-state index in [4.69, 9.17) is 0 Å². The summed E-state index contributed by atoms with van der Waals surface area (Å²) in [4.78, 5) is 26.1. The molecular formula is C20H38N2O2. The van der Waals surface area contributed by atoms with Gasteiger partial charge in [0.15, 0.2) is 0 Å². The SMILES string of the molecule is CCCCCCCCCN1CC(C(=O)NCCCCCC)CC1=O. The van der Waals surface area contributed by atoms with E-state index in [2.05, 4.69) is 19.2 Å². The molecule has 140 valence electrons. The second-order valence-corrected chi connectivity index (χ2v) is 7.21. The zero-order valence-electron chi connectivity index (χ0n) is 15.9. The van der Waals surface area contributed by atoms with E-state index in [0.717, 1.165) is 25.9 Å². The van der Waals surface area contributed by atoms with E-state index in [1.54, 1.807) is 0 Å². The summed E-state index contributed by atoms with van der Waals surface area (Å²) >= 11 is 0. The predicted octanol–water partition coefficient (Wildman–Crippen LogP) is 4.28. The largest absolute Gasteiger partial charge is 0.356 e. The van der Waals surface area contributed by atoms with Gasteiger partial charge in [-0.1, -0.05) is 71.6 Å². The van der Waals surface area contributed by atoms with E-state index in [-0.39, 0.29) is 17.7 Å². The van der Waals surface area contributed by atoms with Crippen LogP contribution in [0.3, 0.4) is 0 Å². The van der Waals surface area contributed by atoms with Crippen molar-refractivity contribution in [3.63, 3.8) is 0 Å². The highest BCUT2D eigenvalue weighted by molar-refractivity contribution is 5.89. The molecule has 4 heteroatoms. The maximum absolute atomic E-state index is 12.2. The van der Waals surface area contributed by atoms with Gasteiger partial charge in [0, 0.05) is 26.1 Å². The van der Waals surface area contributed by atoms with E-state index in [0.29, 0.717) is 13.0 Å². The van der Waals surface area contributed by atoms with Crippen LogP contribution in [0.5, 0.6) is 0 Å². The van der Waals surface area contributed by atoms with E-state index in [9.17, 15) is 9.59 Å². The van der Waals surface area contributed by atoms with Gasteiger partial charge < -0.3 is 10.2 Å². The monoisotopic (exact) mass is 338 g/mol. The summed E-state index contributed by atoms with van der Waals surface area (Å²) in [6, 6.07) is 0. The molecule has 0 bridgehead atoms. The fourth-order valence-electron chi connectivity index (χ4n) is 3.33. The molecule has 1 saturated heterocycles. The predicted molar refractivity (Wildman–Crippen MR) is 99.8 cm³/mol. The van der Waals surface area contributed by atoms with Crippen molar-refractivity contribution in [1.29, 1.82) is 0 Å². The quantitative estimate of drug-likeness (QED) is 0.481. The maximum Gasteiger partial charge on any atom is 0.225 e. The van der Waals surface area contributed by atoms with Crippen LogP contribution in [0.4, 0.5) is 0 Å². The fraction of sp³-hybridized carbons (Fsp3) is 0.900. The number of carbonyl (C=O) groups is 2. The third-order valence-electron chi connectivity index (χ3n) is 4.95. The summed E-state index contributed by atoms with van der Waals surface area (Å²) in [6.45, 7) is 6.61. The lowest BCUT2D eigenvalue weighted by molar-refractivity contribution is -0.129. The van der Waals surface area contributed by atoms with E-state index in [1.165, 1.54) is 57.8 Å². The zero-order valence-corrected chi connectivity index (χ0v) is 15.9. The number of nitrogens with one attached hydrogen (secondary N) is 1. The molecule has 1 aliphatic rings. The molecule has 4 nitrogen and oxygen atoms in total. The van der Waals surface area contributed by atoms with Crippen molar-refractivity contribution in [1.82, 2.24) is 10.2 Å². The molecule has 0 aromatic heterocycles. The second kappa shape index (κ2) is 13.3. The fourth-order valence-corrected chi connectivity index (χ4v) is 3.33. The highest BCUT2D eigenvalue weighted by Crippen LogP contribution is 2.19. The number of rotatable bonds is 14. The summed E-state index contributed by atoms with van der Waals surface area (Å²) in [5.74, 6) is 0.0993. The van der Waals surface area contributed by atoms with Crippen molar-refractivity contribution in [3.8, 4) is 0 Å². The molecule has 1 atom stereocenters. The minimum absolute atomic E-state index is 0.0712. The molecule has 0 aliphatic carbocycles. The average Bonchev–Trinajstić information content (AvgIpc) is 2.95. The third kappa shape index (κ3) is 8.70. The summed E-state index contributed by atoms with van der Waals surface area (Å²) in [5.41, 5.74) is 0. The highest BCUT2D eigenvalue weighted by atomic mass is 16.2. The van der Waals surface area contributed by atoms with Gasteiger partial charge in [0.05, 0.1) is 5.92 Å². The van der Waals surface area contributed by atoms with Crippen molar-refractivity contribution >= 4 is 11.8 Å². The molecule has 0 aromatic carbocycles. The van der Waals surface area contributed by atoms with Crippen LogP contribution in [-0.4, -0.2) is 36.3 Å². The first-order chi connectivity index (χ1) is 11.7. The van der Waals surface area contributed by atoms with Crippen molar-refractivity contribution in [2.75, 3.05) is 19.6 Å². The van der Waals surface area contributed by atoms with E-state index in [1.807, 2.05) is 4.90 Å². The topological polar surface area (TPSA) is 49.4 Å². The summed E-state index contributed by atoms with van der Waals surface area (Å²) in [6.07, 6.45) is 13.8. The molecule has 1 unspecified atom stereocenters. The molecule has 1 N–H and O–H groups in total. The smallest absolute Gasteiger partial charge is 0.225 e. The molecule has 2 amide bonds. The highest BCUT2D eigenvalue weighted by Gasteiger charge is 2.33. The number of likely N-dealkylation sites (tertiary alicyclic amines) is 1. The van der Waals surface area contributed by atoms with Gasteiger partial charge in [-0.05, 0) is 12.8 Å². The first-order valence-electron chi connectivity index (χ1n) is 10.2. The maximum atomic E-state index is 12.2. The van der Waals surface area contributed by atoms with E-state index < -0.39 is 0 Å². The molecule has 0 spiro atoms. The van der Waals surface area contributed by atoms with Crippen molar-refractivity contribution < 1.29 is 9.59 Å². The number of nitrogens with zero attached hydrogens (tertiary/aromatic N) is 1. The lowest BCUT2D eigenvalue weighted by Crippen LogP contribution is -2.33. The first kappa shape index (κ1) is 21.0. The molecule has 1 heterocycles. The lowest BCUT2D eigenvalue weighted by atomic mass is 10.1. The Hall–Kier alpha value is -1.06. The van der Waals surface area contributed by atoms with Crippen LogP contribution in [0.1, 0.15) is 90.9 Å². The normalized spacial score (nSPS) is 17.5. The van der Waals surface area contributed by atoms with Crippen LogP contribution in [0.2, 0.25) is 0 Å². The third-order valence-corrected chi connectivity index (χ3v) is 4.95. The van der Waals surface area contributed by atoms with Gasteiger partial charge in [-0.25, -0.2) is 0 Å². The van der Waals surface area contributed by atoms with Gasteiger partial charge in [0.1, 0.15) is 0 Å². The number of hydrogen-bond donors (Lipinski definition) is 1. The lowest BCUT2D eigenvalue weighted by Gasteiger charge is -2.16. The van der Waals surface area contributed by atoms with E-state index >= 15 is 0 Å². The zero-order chi connectivity index (χ0) is 17.6. The van der Waals surface area contributed by atoms with Gasteiger partial charge in [-0.15, -0.1) is 0 Å². The van der Waals surface area contributed by atoms with Crippen molar-refractivity contribution in [3.05, 3.63) is 0 Å². The minimum atomic E-state index is -0.131. The molecule has 0 radical (unpaired) electrons. The minimum Gasteiger partial charge on any atom is -0.356 e. The molecule has 1 aliphatic heterocycles. The Morgan fingerprint density at radius 2 is 1.54 bits per heavy atom. The summed E-state index contributed by atoms with van der Waals surface area (Å²) < 4.78 is 0. The molecular weight excluding hydrogens is 300 g/mol. The molecule has 0 saturated carbocycles. The number of unbranched alkanes of at least 4 members (excludes halogenated alkanes) is 9. The van der Waals surface area contributed by atoms with Gasteiger partial charge in [-0.2, -0.15) is 0 Å². The van der Waals surface area contributed by atoms with Gasteiger partial charge in [0.2, 0.25) is 11.8 Å². The van der Waals surface area contributed by atoms with Gasteiger partial charge >= 0.3 is 0 Å². The van der Waals surface area contributed by atoms with Crippen LogP contribution in [0, 0.1) is 5.92 Å². The van der Waals surface area contributed by atoms with Crippen LogP contribution in [0.25, 0.3) is 0 Å². The number of hydrogen-bond acceptors (Lipinski definition) is 2. The number of carbonyl (C=O) groups excluding carboxylic acids is 2. The Balaban J connectivity index is 2.10. The summed E-state index contributed by atoms with van der Waals surface area (Å²) in [7, 11) is 0. The molecule has 1 fully saturated rings. The first-order valence-corrected chi connectivity index (χ1v) is 10.2. The molecule has 1 rings (SSSR count). The Labute approximate surface area is 148 Å². The van der Waals surface area contributed by atoms with Crippen molar-refractivity contribution in [2.24, 2.45) is 5.92 Å². The Morgan fingerprint density at radius 3 is 2.21 bits per heavy atom. The molecule has 0 aromatic rings. The van der Waals surface area contributed by atoms with Gasteiger partial charge in [0.25, 0.3) is 0 Å². The molecule has 24 heavy (non-hydrogen) atoms. The van der Waals surface area contributed by atoms with Gasteiger partial charge in [-0.3, -0.25) is 9.59 Å². The van der Waals surface area contributed by atoms with Crippen molar-refractivity contribution in [2.45, 2.75) is 90.9 Å². The van der Waals surface area contributed by atoms with Crippen LogP contribution >= 0.6 is 0 Å². The Kier molecular flexibility index (Phi) is 11.6. The standard InChI is InChI=1S/C20H38N2O2/c1-3-5-7-9-10-11-13-15-22-17-18(16-19(22)23)20(24)21-14-12-8-6-4-2/h18H,3-17H2,1-2H3,(H,21,24). The van der Waals surface area contributed by atoms with Crippen LogP contribution in [0.15, 0.2) is 0 Å².